The van der Waals surface area contributed by atoms with E-state index in [0.717, 1.165) is 11.3 Å². The van der Waals surface area contributed by atoms with Gasteiger partial charge in [-0.25, -0.2) is 0 Å². The van der Waals surface area contributed by atoms with Crippen LogP contribution in [-0.2, 0) is 9.53 Å². The monoisotopic (exact) mass is 295 g/mol. The second-order valence-corrected chi connectivity index (χ2v) is 4.69. The van der Waals surface area contributed by atoms with Crippen molar-refractivity contribution in [3.8, 4) is 11.5 Å². The van der Waals surface area contributed by atoms with Crippen molar-refractivity contribution in [3.05, 3.63) is 23.8 Å². The summed E-state index contributed by atoms with van der Waals surface area (Å²) < 4.78 is 16.0. The van der Waals surface area contributed by atoms with Gasteiger partial charge in [0, 0.05) is 12.2 Å². The number of hydrogen-bond donors (Lipinski definition) is 1. The van der Waals surface area contributed by atoms with E-state index in [1.54, 1.807) is 14.2 Å². The second kappa shape index (κ2) is 8.52. The van der Waals surface area contributed by atoms with Crippen molar-refractivity contribution in [3.63, 3.8) is 0 Å². The zero-order valence-electron chi connectivity index (χ0n) is 13.4. The average molecular weight is 295 g/mol. The maximum atomic E-state index is 12.2. The van der Waals surface area contributed by atoms with E-state index in [1.165, 1.54) is 0 Å². The molecule has 1 aromatic rings. The smallest absolute Gasteiger partial charge is 0.249 e. The van der Waals surface area contributed by atoms with Gasteiger partial charge in [-0.1, -0.05) is 6.92 Å². The van der Waals surface area contributed by atoms with Crippen molar-refractivity contribution in [2.45, 2.75) is 39.3 Å². The Morgan fingerprint density at radius 2 is 1.95 bits per heavy atom. The highest BCUT2D eigenvalue weighted by Gasteiger charge is 2.21. The lowest BCUT2D eigenvalue weighted by atomic mass is 10.1. The van der Waals surface area contributed by atoms with Crippen molar-refractivity contribution in [1.29, 1.82) is 0 Å². The van der Waals surface area contributed by atoms with E-state index in [1.807, 2.05) is 39.0 Å². The first kappa shape index (κ1) is 17.3. The van der Waals surface area contributed by atoms with Crippen molar-refractivity contribution in [2.24, 2.45) is 0 Å². The number of benzene rings is 1. The highest BCUT2D eigenvalue weighted by Crippen LogP contribution is 2.29. The summed E-state index contributed by atoms with van der Waals surface area (Å²) in [5.74, 6) is 1.33. The molecular formula is C16H25NO4. The van der Waals surface area contributed by atoms with E-state index in [0.29, 0.717) is 18.8 Å². The lowest BCUT2D eigenvalue weighted by molar-refractivity contribution is -0.133. The fourth-order valence-electron chi connectivity index (χ4n) is 2.14. The lowest BCUT2D eigenvalue weighted by Crippen LogP contribution is -2.37. The van der Waals surface area contributed by atoms with E-state index in [-0.39, 0.29) is 11.9 Å². The van der Waals surface area contributed by atoms with Crippen molar-refractivity contribution < 1.29 is 19.0 Å². The molecule has 0 aliphatic rings. The van der Waals surface area contributed by atoms with Crippen molar-refractivity contribution in [1.82, 2.24) is 5.32 Å². The summed E-state index contributed by atoms with van der Waals surface area (Å²) in [5.41, 5.74) is 0.872. The fraction of sp³-hybridized carbons (Fsp3) is 0.562. The molecule has 0 aromatic heterocycles. The third-order valence-electron chi connectivity index (χ3n) is 3.29. The Kier molecular flexibility index (Phi) is 7.02. The highest BCUT2D eigenvalue weighted by molar-refractivity contribution is 5.81. The zero-order chi connectivity index (χ0) is 15.8. The summed E-state index contributed by atoms with van der Waals surface area (Å²) in [7, 11) is 3.21. The third kappa shape index (κ3) is 4.63. The first-order valence-electron chi connectivity index (χ1n) is 7.21. The first-order valence-corrected chi connectivity index (χ1v) is 7.21. The van der Waals surface area contributed by atoms with E-state index in [9.17, 15) is 4.79 Å². The Bertz CT molecular complexity index is 462. The molecule has 5 heteroatoms. The zero-order valence-corrected chi connectivity index (χ0v) is 13.4. The van der Waals surface area contributed by atoms with Crippen LogP contribution in [0.3, 0.4) is 0 Å². The second-order valence-electron chi connectivity index (χ2n) is 4.69. The number of hydrogen-bond acceptors (Lipinski definition) is 4. The Morgan fingerprint density at radius 1 is 1.24 bits per heavy atom. The minimum atomic E-state index is -0.422. The molecule has 1 N–H and O–H groups in total. The van der Waals surface area contributed by atoms with Gasteiger partial charge in [-0.15, -0.1) is 0 Å². The van der Waals surface area contributed by atoms with Crippen LogP contribution in [-0.4, -0.2) is 32.8 Å². The van der Waals surface area contributed by atoms with Crippen LogP contribution >= 0.6 is 0 Å². The summed E-state index contributed by atoms with van der Waals surface area (Å²) in [6.07, 6.45) is 0.218. The molecule has 2 atom stereocenters. The Balaban J connectivity index is 2.87. The third-order valence-corrected chi connectivity index (χ3v) is 3.29. The Hall–Kier alpha value is -1.75. The number of amides is 1. The molecule has 0 spiro atoms. The maximum absolute atomic E-state index is 12.2. The molecule has 0 aliphatic heterocycles. The van der Waals surface area contributed by atoms with Gasteiger partial charge in [-0.3, -0.25) is 4.79 Å². The van der Waals surface area contributed by atoms with Crippen LogP contribution in [0.4, 0.5) is 0 Å². The molecule has 0 aliphatic carbocycles. The Labute approximate surface area is 126 Å². The van der Waals surface area contributed by atoms with Crippen LogP contribution in [0.5, 0.6) is 11.5 Å². The fourth-order valence-corrected chi connectivity index (χ4v) is 2.14. The molecule has 0 saturated carbocycles. The highest BCUT2D eigenvalue weighted by atomic mass is 16.5. The van der Waals surface area contributed by atoms with Crippen molar-refractivity contribution in [2.75, 3.05) is 20.8 Å². The molecule has 1 rings (SSSR count). The van der Waals surface area contributed by atoms with Crippen LogP contribution in [0.1, 0.15) is 38.8 Å². The normalized spacial score (nSPS) is 13.4. The molecule has 0 saturated heterocycles. The number of nitrogens with one attached hydrogen (secondary N) is 1. The van der Waals surface area contributed by atoms with Crippen LogP contribution in [0.2, 0.25) is 0 Å². The molecule has 0 bridgehead atoms. The van der Waals surface area contributed by atoms with Gasteiger partial charge in [0.1, 0.15) is 17.6 Å². The number of ether oxygens (including phenoxy) is 3. The number of rotatable bonds is 8. The quantitative estimate of drug-likeness (QED) is 0.801. The predicted octanol–water partition coefficient (Wildman–Crippen LogP) is 2.70. The molecule has 0 fully saturated rings. The van der Waals surface area contributed by atoms with Gasteiger partial charge in [-0.2, -0.15) is 0 Å². The minimum Gasteiger partial charge on any atom is -0.497 e. The predicted molar refractivity (Wildman–Crippen MR) is 81.8 cm³/mol. The minimum absolute atomic E-state index is 0.114. The summed E-state index contributed by atoms with van der Waals surface area (Å²) >= 11 is 0. The summed E-state index contributed by atoms with van der Waals surface area (Å²) in [6, 6.07) is 5.32. The van der Waals surface area contributed by atoms with Crippen LogP contribution in [0.15, 0.2) is 18.2 Å². The molecule has 21 heavy (non-hydrogen) atoms. The number of methoxy groups -OCH3 is 2. The largest absolute Gasteiger partial charge is 0.497 e. The van der Waals surface area contributed by atoms with E-state index in [4.69, 9.17) is 14.2 Å². The molecule has 0 heterocycles. The summed E-state index contributed by atoms with van der Waals surface area (Å²) in [4.78, 5) is 12.2. The lowest BCUT2D eigenvalue weighted by Gasteiger charge is -2.21. The van der Waals surface area contributed by atoms with E-state index in [2.05, 4.69) is 5.32 Å². The standard InChI is InChI=1S/C16H25NO4/c1-6-14(21-7-2)16(18)17-11(3)13-10-12(19-4)8-9-15(13)20-5/h8-11,14H,6-7H2,1-5H3,(H,17,18)/t11-,14-/m1/s1. The van der Waals surface area contributed by atoms with Gasteiger partial charge in [0.15, 0.2) is 0 Å². The van der Waals surface area contributed by atoms with Gasteiger partial charge >= 0.3 is 0 Å². The maximum Gasteiger partial charge on any atom is 0.249 e. The molecule has 0 unspecified atom stereocenters. The Morgan fingerprint density at radius 3 is 2.48 bits per heavy atom. The number of carbonyl (C=O) groups is 1. The van der Waals surface area contributed by atoms with Gasteiger partial charge in [-0.05, 0) is 38.5 Å². The molecule has 1 amide bonds. The van der Waals surface area contributed by atoms with Gasteiger partial charge in [0.2, 0.25) is 5.91 Å². The van der Waals surface area contributed by atoms with Crippen LogP contribution in [0, 0.1) is 0 Å². The molecule has 0 radical (unpaired) electrons. The van der Waals surface area contributed by atoms with Crippen molar-refractivity contribution >= 4 is 5.91 Å². The molecule has 118 valence electrons. The first-order chi connectivity index (χ1) is 10.1. The van der Waals surface area contributed by atoms with Gasteiger partial charge in [0.25, 0.3) is 0 Å². The topological polar surface area (TPSA) is 56.8 Å². The summed E-state index contributed by atoms with van der Waals surface area (Å²) in [6.45, 7) is 6.23. The van der Waals surface area contributed by atoms with E-state index >= 15 is 0 Å². The summed E-state index contributed by atoms with van der Waals surface area (Å²) in [5, 5.41) is 2.96. The SMILES string of the molecule is CCO[C@H](CC)C(=O)N[C@H](C)c1cc(OC)ccc1OC. The molecule has 1 aromatic carbocycles. The molecule has 5 nitrogen and oxygen atoms in total. The molecular weight excluding hydrogens is 270 g/mol. The van der Waals surface area contributed by atoms with Gasteiger partial charge in [0.05, 0.1) is 20.3 Å². The average Bonchev–Trinajstić information content (AvgIpc) is 2.51. The number of carbonyl (C=O) groups excluding carboxylic acids is 1. The van der Waals surface area contributed by atoms with Gasteiger partial charge < -0.3 is 19.5 Å². The van der Waals surface area contributed by atoms with Crippen LogP contribution in [0.25, 0.3) is 0 Å². The van der Waals surface area contributed by atoms with E-state index < -0.39 is 6.10 Å². The van der Waals surface area contributed by atoms with Crippen LogP contribution < -0.4 is 14.8 Å².